The normalized spacial score (nSPS) is 10.8. The van der Waals surface area contributed by atoms with Gasteiger partial charge >= 0.3 is 0 Å². The van der Waals surface area contributed by atoms with Gasteiger partial charge in [0.25, 0.3) is 11.5 Å². The predicted octanol–water partition coefficient (Wildman–Crippen LogP) is 5.48. The van der Waals surface area contributed by atoms with Gasteiger partial charge in [0.1, 0.15) is 22.9 Å². The average molecular weight is 547 g/mol. The number of halogens is 3. The van der Waals surface area contributed by atoms with E-state index in [2.05, 4.69) is 20.5 Å². The van der Waals surface area contributed by atoms with Crippen LogP contribution in [0.1, 0.15) is 17.3 Å². The lowest BCUT2D eigenvalue weighted by Crippen LogP contribution is -2.29. The molecule has 0 bridgehead atoms. The number of amides is 1. The highest BCUT2D eigenvalue weighted by atomic mass is 19.1. The van der Waals surface area contributed by atoms with Crippen molar-refractivity contribution in [2.24, 2.45) is 0 Å². The fourth-order valence-electron chi connectivity index (χ4n) is 3.85. The van der Waals surface area contributed by atoms with E-state index < -0.39 is 45.9 Å². The highest BCUT2D eigenvalue weighted by Crippen LogP contribution is 2.31. The van der Waals surface area contributed by atoms with E-state index in [0.717, 1.165) is 28.8 Å². The van der Waals surface area contributed by atoms with Crippen molar-refractivity contribution < 1.29 is 27.4 Å². The smallest absolute Gasteiger partial charge is 0.271 e. The maximum atomic E-state index is 15.0. The second kappa shape index (κ2) is 11.2. The summed E-state index contributed by atoms with van der Waals surface area (Å²) < 4.78 is 55.4. The Morgan fingerprint density at radius 2 is 1.82 bits per heavy atom. The van der Waals surface area contributed by atoms with Crippen LogP contribution in [0.15, 0.2) is 84.2 Å². The number of carbonyl (C=O) groups is 1. The quantitative estimate of drug-likeness (QED) is 0.266. The molecule has 40 heavy (non-hydrogen) atoms. The van der Waals surface area contributed by atoms with Crippen LogP contribution in [0.2, 0.25) is 0 Å². The van der Waals surface area contributed by atoms with E-state index in [1.807, 2.05) is 0 Å². The molecule has 0 spiro atoms. The number of ether oxygens (including phenoxy) is 2. The Bertz CT molecular complexity index is 1740. The van der Waals surface area contributed by atoms with Gasteiger partial charge < -0.3 is 14.8 Å². The van der Waals surface area contributed by atoms with Crippen molar-refractivity contribution in [1.82, 2.24) is 19.7 Å². The van der Waals surface area contributed by atoms with Crippen LogP contribution in [0.25, 0.3) is 16.9 Å². The number of anilines is 1. The van der Waals surface area contributed by atoms with Crippen LogP contribution in [0.5, 0.6) is 17.2 Å². The first-order chi connectivity index (χ1) is 19.3. The van der Waals surface area contributed by atoms with Gasteiger partial charge in [-0.3, -0.25) is 24.2 Å². The highest BCUT2D eigenvalue weighted by Gasteiger charge is 2.22. The van der Waals surface area contributed by atoms with Crippen LogP contribution in [-0.4, -0.2) is 32.3 Å². The van der Waals surface area contributed by atoms with Gasteiger partial charge in [0, 0.05) is 48.0 Å². The van der Waals surface area contributed by atoms with Gasteiger partial charge in [-0.25, -0.2) is 13.2 Å². The van der Waals surface area contributed by atoms with E-state index in [1.54, 1.807) is 19.3 Å². The molecule has 5 rings (SSSR count). The maximum absolute atomic E-state index is 15.0. The van der Waals surface area contributed by atoms with Crippen molar-refractivity contribution in [2.45, 2.75) is 6.92 Å². The molecule has 2 N–H and O–H groups in total. The van der Waals surface area contributed by atoms with E-state index in [1.165, 1.54) is 42.7 Å². The molecule has 202 valence electrons. The minimum atomic E-state index is -1.03. The lowest BCUT2D eigenvalue weighted by Gasteiger charge is -2.14. The fraction of sp³-hybridized carbons (Fsp3) is 0.0714. The number of carbonyl (C=O) groups excluding carboxylic acids is 1. The van der Waals surface area contributed by atoms with Gasteiger partial charge in [-0.1, -0.05) is 0 Å². The van der Waals surface area contributed by atoms with Gasteiger partial charge in [0.05, 0.1) is 24.2 Å². The van der Waals surface area contributed by atoms with E-state index >= 15 is 4.39 Å². The third kappa shape index (κ3) is 5.41. The molecular formula is C28H20F3N5O4. The third-order valence-corrected chi connectivity index (χ3v) is 5.71. The number of nitrogens with one attached hydrogen (secondary N) is 2. The number of benzene rings is 2. The van der Waals surface area contributed by atoms with Crippen molar-refractivity contribution in [3.8, 4) is 34.2 Å². The number of H-pyrrole nitrogens is 1. The molecule has 12 heteroatoms. The molecule has 1 amide bonds. The van der Waals surface area contributed by atoms with Crippen molar-refractivity contribution in [3.05, 3.63) is 113 Å². The lowest BCUT2D eigenvalue weighted by molar-refractivity contribution is 0.102. The summed E-state index contributed by atoms with van der Waals surface area (Å²) in [5.41, 5.74) is -0.326. The van der Waals surface area contributed by atoms with E-state index in [4.69, 9.17) is 9.47 Å². The van der Waals surface area contributed by atoms with Crippen molar-refractivity contribution in [3.63, 3.8) is 0 Å². The summed E-state index contributed by atoms with van der Waals surface area (Å²) in [4.78, 5) is 30.6. The zero-order valence-corrected chi connectivity index (χ0v) is 20.8. The predicted molar refractivity (Wildman–Crippen MR) is 139 cm³/mol. The zero-order chi connectivity index (χ0) is 28.2. The Kier molecular flexibility index (Phi) is 7.31. The number of rotatable bonds is 8. The van der Waals surface area contributed by atoms with Gasteiger partial charge in [0.2, 0.25) is 0 Å². The summed E-state index contributed by atoms with van der Waals surface area (Å²) in [5.74, 6) is -3.83. The average Bonchev–Trinajstić information content (AvgIpc) is 3.48. The second-order valence-electron chi connectivity index (χ2n) is 8.32. The Morgan fingerprint density at radius 1 is 1.02 bits per heavy atom. The fourth-order valence-corrected chi connectivity index (χ4v) is 3.85. The molecule has 0 saturated carbocycles. The molecule has 3 heterocycles. The van der Waals surface area contributed by atoms with Gasteiger partial charge in [-0.05, 0) is 43.3 Å². The molecule has 0 aliphatic rings. The highest BCUT2D eigenvalue weighted by molar-refractivity contribution is 6.06. The number of nitrogens with zero attached hydrogens (tertiary/aromatic N) is 3. The summed E-state index contributed by atoms with van der Waals surface area (Å²) in [5, 5.41) is 8.73. The lowest BCUT2D eigenvalue weighted by atomic mass is 10.2. The number of aromatic nitrogens is 4. The molecular weight excluding hydrogens is 527 g/mol. The van der Waals surface area contributed by atoms with Crippen LogP contribution >= 0.6 is 0 Å². The van der Waals surface area contributed by atoms with Crippen LogP contribution in [-0.2, 0) is 0 Å². The summed E-state index contributed by atoms with van der Waals surface area (Å²) in [6.45, 7) is 1.79. The molecule has 0 atom stereocenters. The Hall–Kier alpha value is -5.39. The second-order valence-corrected chi connectivity index (χ2v) is 8.32. The van der Waals surface area contributed by atoms with Crippen LogP contribution in [0.4, 0.5) is 18.9 Å². The number of pyridine rings is 2. The number of hydrogen-bond donors (Lipinski definition) is 2. The van der Waals surface area contributed by atoms with Crippen LogP contribution in [0, 0.1) is 17.5 Å². The minimum Gasteiger partial charge on any atom is -0.493 e. The molecule has 0 aliphatic carbocycles. The molecule has 0 aliphatic heterocycles. The van der Waals surface area contributed by atoms with Crippen LogP contribution < -0.4 is 20.3 Å². The van der Waals surface area contributed by atoms with Crippen molar-refractivity contribution >= 4 is 11.6 Å². The van der Waals surface area contributed by atoms with E-state index in [9.17, 15) is 18.4 Å². The van der Waals surface area contributed by atoms with Gasteiger partial charge in [0.15, 0.2) is 17.4 Å². The SMILES string of the molecule is CCOc1ccn(-c2ccc(F)cc2)c(=O)c1C(=O)Nc1cc(F)c(Oc2ccnc(-c3cn[nH]c3)c2)cc1F. The Balaban J connectivity index is 1.42. The molecule has 0 saturated heterocycles. The van der Waals surface area contributed by atoms with Crippen LogP contribution in [0.3, 0.4) is 0 Å². The third-order valence-electron chi connectivity index (χ3n) is 5.71. The zero-order valence-electron chi connectivity index (χ0n) is 20.8. The molecule has 3 aromatic heterocycles. The Labute approximate surface area is 224 Å². The molecule has 9 nitrogen and oxygen atoms in total. The topological polar surface area (TPSA) is 111 Å². The van der Waals surface area contributed by atoms with E-state index in [0.29, 0.717) is 11.3 Å². The summed E-state index contributed by atoms with van der Waals surface area (Å²) >= 11 is 0. The van der Waals surface area contributed by atoms with Crippen molar-refractivity contribution in [2.75, 3.05) is 11.9 Å². The molecule has 0 radical (unpaired) electrons. The first kappa shape index (κ1) is 26.2. The van der Waals surface area contributed by atoms with E-state index in [-0.39, 0.29) is 23.8 Å². The molecule has 2 aromatic carbocycles. The largest absolute Gasteiger partial charge is 0.493 e. The summed E-state index contributed by atoms with van der Waals surface area (Å²) in [6, 6.07) is 10.9. The molecule has 5 aromatic rings. The maximum Gasteiger partial charge on any atom is 0.271 e. The monoisotopic (exact) mass is 547 g/mol. The number of hydrogen-bond acceptors (Lipinski definition) is 6. The van der Waals surface area contributed by atoms with Gasteiger partial charge in [-0.15, -0.1) is 0 Å². The molecule has 0 fully saturated rings. The molecule has 0 unspecified atom stereocenters. The standard InChI is InChI=1S/C28H20F3N5O4/c1-2-39-24-8-10-36(18-5-3-17(29)4-6-18)28(38)26(24)27(37)35-23-12-21(31)25(13-20(23)30)40-19-7-9-32-22(11-19)16-14-33-34-15-16/h3-15H,2H2,1H3,(H,33,34)(H,35,37). The van der Waals surface area contributed by atoms with Gasteiger partial charge in [-0.2, -0.15) is 5.10 Å². The summed E-state index contributed by atoms with van der Waals surface area (Å²) in [7, 11) is 0. The number of aromatic amines is 1. The summed E-state index contributed by atoms with van der Waals surface area (Å²) in [6.07, 6.45) is 5.96. The first-order valence-corrected chi connectivity index (χ1v) is 11.9. The van der Waals surface area contributed by atoms with Crippen molar-refractivity contribution in [1.29, 1.82) is 0 Å². The minimum absolute atomic E-state index is 0.0599. The Morgan fingerprint density at radius 3 is 2.55 bits per heavy atom. The first-order valence-electron chi connectivity index (χ1n) is 11.9.